The van der Waals surface area contributed by atoms with E-state index in [0.29, 0.717) is 17.4 Å². The topological polar surface area (TPSA) is 46.3 Å². The summed E-state index contributed by atoms with van der Waals surface area (Å²) in [5.74, 6) is -0.849. The van der Waals surface area contributed by atoms with Gasteiger partial charge >= 0.3 is 6.18 Å². The van der Waals surface area contributed by atoms with E-state index in [1.807, 2.05) is 4.90 Å². The third-order valence-electron chi connectivity index (χ3n) is 4.73. The number of alkyl halides is 3. The molecule has 1 unspecified atom stereocenters. The minimum Gasteiger partial charge on any atom is -0.352 e. The molecule has 2 aromatic heterocycles. The Kier molecular flexibility index (Phi) is 4.05. The van der Waals surface area contributed by atoms with E-state index in [0.717, 1.165) is 22.9 Å². The Bertz CT molecular complexity index is 976. The first-order chi connectivity index (χ1) is 12.7. The molecular formula is C18H17F4N5. The highest BCUT2D eigenvalue weighted by molar-refractivity contribution is 5.49. The minimum absolute atomic E-state index is 0.0992. The first kappa shape index (κ1) is 17.7. The Morgan fingerprint density at radius 3 is 2.41 bits per heavy atom. The summed E-state index contributed by atoms with van der Waals surface area (Å²) in [5.41, 5.74) is 1.44. The molecule has 0 spiro atoms. The highest BCUT2D eigenvalue weighted by Crippen LogP contribution is 2.45. The van der Waals surface area contributed by atoms with Crippen molar-refractivity contribution in [2.45, 2.75) is 32.0 Å². The van der Waals surface area contributed by atoms with Gasteiger partial charge < -0.3 is 4.90 Å². The monoisotopic (exact) mass is 379 g/mol. The SMILES string of the molecule is Cc1cc(N(C)C(c2ccc(F)cc2)C2CC2)n2nc(C(F)(F)F)nc2n1. The Hall–Kier alpha value is -2.71. The van der Waals surface area contributed by atoms with Crippen molar-refractivity contribution in [1.29, 1.82) is 0 Å². The number of aryl methyl sites for hydroxylation is 1. The van der Waals surface area contributed by atoms with Gasteiger partial charge in [-0.15, -0.1) is 5.10 Å². The fraction of sp³-hybridized carbons (Fsp3) is 0.389. The van der Waals surface area contributed by atoms with Crippen LogP contribution in [-0.2, 0) is 6.18 Å². The van der Waals surface area contributed by atoms with E-state index in [4.69, 9.17) is 0 Å². The maximum absolute atomic E-state index is 13.3. The molecule has 27 heavy (non-hydrogen) atoms. The van der Waals surface area contributed by atoms with Gasteiger partial charge in [-0.2, -0.15) is 22.7 Å². The Morgan fingerprint density at radius 2 is 1.81 bits per heavy atom. The Labute approximate surface area is 152 Å². The van der Waals surface area contributed by atoms with Gasteiger partial charge in [0.1, 0.15) is 11.6 Å². The molecule has 0 radical (unpaired) electrons. The molecule has 0 bridgehead atoms. The molecule has 9 heteroatoms. The van der Waals surface area contributed by atoms with Crippen LogP contribution in [0.3, 0.4) is 0 Å². The standard InChI is InChI=1S/C18H17F4N5/c1-10-9-14(27-17(23-10)24-16(25-27)18(20,21)22)26(2)15(11-3-4-11)12-5-7-13(19)8-6-12/h5-9,11,15H,3-4H2,1-2H3. The van der Waals surface area contributed by atoms with E-state index in [-0.39, 0.29) is 17.6 Å². The molecule has 0 saturated heterocycles. The molecule has 1 atom stereocenters. The van der Waals surface area contributed by atoms with Crippen LogP contribution in [0.1, 0.15) is 36.0 Å². The lowest BCUT2D eigenvalue weighted by Crippen LogP contribution is -2.28. The van der Waals surface area contributed by atoms with Crippen LogP contribution >= 0.6 is 0 Å². The molecule has 142 valence electrons. The molecule has 3 aromatic rings. The number of nitrogens with zero attached hydrogens (tertiary/aromatic N) is 5. The Morgan fingerprint density at radius 1 is 1.15 bits per heavy atom. The smallest absolute Gasteiger partial charge is 0.352 e. The quantitative estimate of drug-likeness (QED) is 0.638. The van der Waals surface area contributed by atoms with Crippen LogP contribution in [0, 0.1) is 18.7 Å². The lowest BCUT2D eigenvalue weighted by atomic mass is 10.0. The molecule has 1 fully saturated rings. The van der Waals surface area contributed by atoms with Crippen LogP contribution < -0.4 is 4.90 Å². The molecule has 4 rings (SSSR count). The fourth-order valence-corrected chi connectivity index (χ4v) is 3.37. The summed E-state index contributed by atoms with van der Waals surface area (Å²) in [6, 6.07) is 7.78. The number of benzene rings is 1. The summed E-state index contributed by atoms with van der Waals surface area (Å²) in [4.78, 5) is 9.48. The predicted molar refractivity (Wildman–Crippen MR) is 90.8 cm³/mol. The first-order valence-corrected chi connectivity index (χ1v) is 8.54. The summed E-state index contributed by atoms with van der Waals surface area (Å²) in [6.45, 7) is 1.70. The van der Waals surface area contributed by atoms with Crippen LogP contribution in [0.25, 0.3) is 5.78 Å². The number of fused-ring (bicyclic) bond motifs is 1. The summed E-state index contributed by atoms with van der Waals surface area (Å²) in [5, 5.41) is 3.63. The fourth-order valence-electron chi connectivity index (χ4n) is 3.37. The zero-order chi connectivity index (χ0) is 19.3. The zero-order valence-corrected chi connectivity index (χ0v) is 14.7. The maximum atomic E-state index is 13.3. The van der Waals surface area contributed by atoms with E-state index in [2.05, 4.69) is 15.1 Å². The Balaban J connectivity index is 1.81. The average molecular weight is 379 g/mol. The summed E-state index contributed by atoms with van der Waals surface area (Å²) < 4.78 is 53.6. The van der Waals surface area contributed by atoms with E-state index in [1.165, 1.54) is 12.1 Å². The van der Waals surface area contributed by atoms with Crippen LogP contribution in [0.5, 0.6) is 0 Å². The van der Waals surface area contributed by atoms with Crippen molar-refractivity contribution in [3.05, 3.63) is 53.2 Å². The van der Waals surface area contributed by atoms with E-state index in [9.17, 15) is 17.6 Å². The summed E-state index contributed by atoms with van der Waals surface area (Å²) >= 11 is 0. The van der Waals surface area contributed by atoms with Crippen molar-refractivity contribution >= 4 is 11.6 Å². The van der Waals surface area contributed by atoms with Gasteiger partial charge in [-0.05, 0) is 43.4 Å². The second-order valence-electron chi connectivity index (χ2n) is 6.85. The number of rotatable bonds is 4. The van der Waals surface area contributed by atoms with Crippen LogP contribution in [0.4, 0.5) is 23.4 Å². The van der Waals surface area contributed by atoms with Gasteiger partial charge in [-0.3, -0.25) is 0 Å². The zero-order valence-electron chi connectivity index (χ0n) is 14.7. The highest BCUT2D eigenvalue weighted by Gasteiger charge is 2.39. The predicted octanol–water partition coefficient (Wildman–Crippen LogP) is 4.18. The number of anilines is 1. The molecule has 2 heterocycles. The molecule has 0 aliphatic heterocycles. The number of hydrogen-bond donors (Lipinski definition) is 0. The molecule has 1 aliphatic carbocycles. The molecule has 0 N–H and O–H groups in total. The van der Waals surface area contributed by atoms with E-state index in [1.54, 1.807) is 32.2 Å². The number of halogens is 4. The van der Waals surface area contributed by atoms with Gasteiger partial charge in [0, 0.05) is 18.8 Å². The van der Waals surface area contributed by atoms with Crippen molar-refractivity contribution in [2.24, 2.45) is 5.92 Å². The van der Waals surface area contributed by atoms with Crippen LogP contribution in [0.2, 0.25) is 0 Å². The summed E-state index contributed by atoms with van der Waals surface area (Å²) in [6.07, 6.45) is -2.64. The van der Waals surface area contributed by atoms with E-state index >= 15 is 0 Å². The molecule has 5 nitrogen and oxygen atoms in total. The largest absolute Gasteiger partial charge is 0.453 e. The lowest BCUT2D eigenvalue weighted by Gasteiger charge is -2.30. The van der Waals surface area contributed by atoms with Crippen LogP contribution in [-0.4, -0.2) is 26.6 Å². The second-order valence-corrected chi connectivity index (χ2v) is 6.85. The van der Waals surface area contributed by atoms with Crippen molar-refractivity contribution < 1.29 is 17.6 Å². The van der Waals surface area contributed by atoms with Gasteiger partial charge in [0.15, 0.2) is 0 Å². The average Bonchev–Trinajstić information content (AvgIpc) is 3.32. The number of hydrogen-bond acceptors (Lipinski definition) is 4. The van der Waals surface area contributed by atoms with Crippen molar-refractivity contribution in [2.75, 3.05) is 11.9 Å². The molecule has 1 aromatic carbocycles. The molecular weight excluding hydrogens is 362 g/mol. The maximum Gasteiger partial charge on any atom is 0.453 e. The van der Waals surface area contributed by atoms with Crippen LogP contribution in [0.15, 0.2) is 30.3 Å². The second kappa shape index (κ2) is 6.17. The van der Waals surface area contributed by atoms with Gasteiger partial charge in [-0.25, -0.2) is 9.37 Å². The van der Waals surface area contributed by atoms with Gasteiger partial charge in [0.25, 0.3) is 11.6 Å². The normalized spacial score (nSPS) is 15.9. The molecule has 0 amide bonds. The van der Waals surface area contributed by atoms with Gasteiger partial charge in [0.2, 0.25) is 0 Å². The van der Waals surface area contributed by atoms with Crippen molar-refractivity contribution in [3.8, 4) is 0 Å². The molecule has 1 saturated carbocycles. The van der Waals surface area contributed by atoms with Gasteiger partial charge in [-0.1, -0.05) is 12.1 Å². The van der Waals surface area contributed by atoms with Gasteiger partial charge in [0.05, 0.1) is 6.04 Å². The van der Waals surface area contributed by atoms with Crippen molar-refractivity contribution in [1.82, 2.24) is 19.6 Å². The highest BCUT2D eigenvalue weighted by atomic mass is 19.4. The van der Waals surface area contributed by atoms with E-state index < -0.39 is 12.0 Å². The minimum atomic E-state index is -4.65. The number of aromatic nitrogens is 4. The third kappa shape index (κ3) is 3.33. The summed E-state index contributed by atoms with van der Waals surface area (Å²) in [7, 11) is 1.80. The lowest BCUT2D eigenvalue weighted by molar-refractivity contribution is -0.144. The van der Waals surface area contributed by atoms with Crippen molar-refractivity contribution in [3.63, 3.8) is 0 Å². The first-order valence-electron chi connectivity index (χ1n) is 8.54. The molecule has 1 aliphatic rings. The third-order valence-corrected chi connectivity index (χ3v) is 4.73.